The highest BCUT2D eigenvalue weighted by molar-refractivity contribution is 8.00. The Morgan fingerprint density at radius 1 is 1.41 bits per heavy atom. The van der Waals surface area contributed by atoms with Gasteiger partial charge in [-0.25, -0.2) is 4.79 Å². The van der Waals surface area contributed by atoms with Crippen molar-refractivity contribution in [1.82, 2.24) is 10.6 Å². The fourth-order valence-corrected chi connectivity index (χ4v) is 3.90. The number of thioether (sulfide) groups is 1. The number of ether oxygens (including phenoxy) is 2. The van der Waals surface area contributed by atoms with E-state index in [1.807, 2.05) is 37.3 Å². The lowest BCUT2D eigenvalue weighted by atomic mass is 10.0. The first-order valence-electron chi connectivity index (χ1n) is 7.40. The van der Waals surface area contributed by atoms with E-state index in [4.69, 9.17) is 9.47 Å². The molecule has 2 amide bonds. The third kappa shape index (κ3) is 3.22. The van der Waals surface area contributed by atoms with Crippen molar-refractivity contribution in [3.05, 3.63) is 30.3 Å². The quantitative estimate of drug-likeness (QED) is 0.768. The Labute approximate surface area is 133 Å². The molecule has 0 unspecified atom stereocenters. The molecule has 2 aliphatic rings. The molecule has 1 aromatic rings. The number of rotatable bonds is 4. The summed E-state index contributed by atoms with van der Waals surface area (Å²) in [5.74, 6) is 0. The highest BCUT2D eigenvalue weighted by Crippen LogP contribution is 2.38. The second-order valence-corrected chi connectivity index (χ2v) is 6.54. The number of aliphatic hydroxyl groups excluding tert-OH is 1. The van der Waals surface area contributed by atoms with Crippen molar-refractivity contribution < 1.29 is 19.4 Å². The lowest BCUT2D eigenvalue weighted by Crippen LogP contribution is -2.61. The summed E-state index contributed by atoms with van der Waals surface area (Å²) >= 11 is 1.50. The standard InChI is InChI=1S/C15H20N2O4S/c1-2-16-15(19)17-11-10-8-20-14(21-10)13(12(11)18)22-9-6-4-3-5-7-9/h3-7,10-14,18H,2,8H2,1H3,(H2,16,17,19)/t10-,11-,12-,13+,14+/m0/s1. The van der Waals surface area contributed by atoms with Crippen molar-refractivity contribution in [2.75, 3.05) is 13.2 Å². The van der Waals surface area contributed by atoms with Crippen LogP contribution in [0.3, 0.4) is 0 Å². The third-order valence-corrected chi connectivity index (χ3v) is 5.08. The first kappa shape index (κ1) is 15.6. The molecule has 2 fully saturated rings. The summed E-state index contributed by atoms with van der Waals surface area (Å²) in [6.07, 6.45) is -1.49. The minimum absolute atomic E-state index is 0.284. The molecule has 5 atom stereocenters. The Kier molecular flexibility index (Phi) is 4.87. The molecule has 120 valence electrons. The molecule has 0 radical (unpaired) electrons. The molecule has 7 heteroatoms. The van der Waals surface area contributed by atoms with Crippen LogP contribution in [0.1, 0.15) is 6.92 Å². The zero-order valence-electron chi connectivity index (χ0n) is 12.3. The average Bonchev–Trinajstić information content (AvgIpc) is 2.96. The molecule has 22 heavy (non-hydrogen) atoms. The highest BCUT2D eigenvalue weighted by Gasteiger charge is 2.51. The smallest absolute Gasteiger partial charge is 0.315 e. The van der Waals surface area contributed by atoms with Gasteiger partial charge in [-0.1, -0.05) is 18.2 Å². The fraction of sp³-hybridized carbons (Fsp3) is 0.533. The van der Waals surface area contributed by atoms with Crippen molar-refractivity contribution in [2.45, 2.75) is 41.6 Å². The van der Waals surface area contributed by atoms with Crippen LogP contribution in [-0.2, 0) is 9.47 Å². The highest BCUT2D eigenvalue weighted by atomic mass is 32.2. The van der Waals surface area contributed by atoms with Crippen LogP contribution in [0, 0.1) is 0 Å². The summed E-state index contributed by atoms with van der Waals surface area (Å²) in [6, 6.07) is 9.01. The van der Waals surface area contributed by atoms with Gasteiger partial charge in [0.05, 0.1) is 24.0 Å². The van der Waals surface area contributed by atoms with E-state index in [2.05, 4.69) is 10.6 Å². The summed E-state index contributed by atoms with van der Waals surface area (Å²) in [5, 5.41) is 15.8. The van der Waals surface area contributed by atoms with E-state index in [9.17, 15) is 9.90 Å². The van der Waals surface area contributed by atoms with Crippen LogP contribution in [-0.4, -0.2) is 54.1 Å². The van der Waals surface area contributed by atoms with Crippen molar-refractivity contribution in [1.29, 1.82) is 0 Å². The van der Waals surface area contributed by atoms with Crippen molar-refractivity contribution in [3.63, 3.8) is 0 Å². The van der Waals surface area contributed by atoms with Crippen LogP contribution in [0.25, 0.3) is 0 Å². The van der Waals surface area contributed by atoms with Gasteiger partial charge in [-0.2, -0.15) is 0 Å². The zero-order chi connectivity index (χ0) is 15.5. The third-order valence-electron chi connectivity index (χ3n) is 3.76. The first-order valence-corrected chi connectivity index (χ1v) is 8.28. The van der Waals surface area contributed by atoms with Gasteiger partial charge in [0.15, 0.2) is 6.29 Å². The molecule has 1 aromatic carbocycles. The Morgan fingerprint density at radius 3 is 2.91 bits per heavy atom. The predicted molar refractivity (Wildman–Crippen MR) is 82.7 cm³/mol. The number of carbonyl (C=O) groups is 1. The maximum Gasteiger partial charge on any atom is 0.315 e. The lowest BCUT2D eigenvalue weighted by Gasteiger charge is -2.38. The molecule has 2 saturated heterocycles. The van der Waals surface area contributed by atoms with Crippen LogP contribution in [0.15, 0.2) is 35.2 Å². The molecular weight excluding hydrogens is 304 g/mol. The maximum absolute atomic E-state index is 11.8. The Balaban J connectivity index is 1.72. The number of benzene rings is 1. The SMILES string of the molecule is CCNC(=O)N[C@@H]1[C@H](O)[C@@H](Sc2ccccc2)[C@@H]2OC[C@@H]1O2. The van der Waals surface area contributed by atoms with Gasteiger partial charge in [-0.15, -0.1) is 11.8 Å². The molecule has 3 rings (SSSR count). The van der Waals surface area contributed by atoms with Crippen molar-refractivity contribution in [3.8, 4) is 0 Å². The minimum Gasteiger partial charge on any atom is -0.389 e. The normalized spacial score (nSPS) is 33.5. The molecule has 0 aliphatic carbocycles. The first-order chi connectivity index (χ1) is 10.7. The van der Waals surface area contributed by atoms with Crippen LogP contribution < -0.4 is 10.6 Å². The predicted octanol–water partition coefficient (Wildman–Crippen LogP) is 0.951. The number of hydrogen-bond acceptors (Lipinski definition) is 5. The number of hydrogen-bond donors (Lipinski definition) is 3. The average molecular weight is 324 g/mol. The van der Waals surface area contributed by atoms with E-state index in [0.29, 0.717) is 13.2 Å². The van der Waals surface area contributed by atoms with E-state index in [-0.39, 0.29) is 17.4 Å². The molecule has 2 heterocycles. The fourth-order valence-electron chi connectivity index (χ4n) is 2.71. The summed E-state index contributed by atoms with van der Waals surface area (Å²) in [5.41, 5.74) is 0. The second-order valence-electron chi connectivity index (χ2n) is 5.29. The van der Waals surface area contributed by atoms with E-state index in [0.717, 1.165) is 4.90 Å². The number of aliphatic hydroxyl groups is 1. The van der Waals surface area contributed by atoms with Gasteiger partial charge < -0.3 is 25.2 Å². The van der Waals surface area contributed by atoms with Gasteiger partial charge >= 0.3 is 6.03 Å². The molecular formula is C15H20N2O4S. The second kappa shape index (κ2) is 6.87. The number of fused-ring (bicyclic) bond motifs is 2. The van der Waals surface area contributed by atoms with Crippen LogP contribution >= 0.6 is 11.8 Å². The van der Waals surface area contributed by atoms with E-state index >= 15 is 0 Å². The van der Waals surface area contributed by atoms with Gasteiger partial charge in [-0.3, -0.25) is 0 Å². The monoisotopic (exact) mass is 324 g/mol. The summed E-state index contributed by atoms with van der Waals surface area (Å²) in [4.78, 5) is 12.8. The summed E-state index contributed by atoms with van der Waals surface area (Å²) < 4.78 is 11.4. The van der Waals surface area contributed by atoms with Gasteiger partial charge in [0, 0.05) is 11.4 Å². The Hall–Kier alpha value is -1.28. The number of carbonyl (C=O) groups excluding carboxylic acids is 1. The van der Waals surface area contributed by atoms with E-state index in [1.165, 1.54) is 11.8 Å². The number of nitrogens with one attached hydrogen (secondary N) is 2. The van der Waals surface area contributed by atoms with Crippen molar-refractivity contribution >= 4 is 17.8 Å². The maximum atomic E-state index is 11.8. The summed E-state index contributed by atoms with van der Waals surface area (Å²) in [7, 11) is 0. The molecule has 6 nitrogen and oxygen atoms in total. The topological polar surface area (TPSA) is 79.8 Å². The molecule has 3 N–H and O–H groups in total. The minimum atomic E-state index is -0.737. The van der Waals surface area contributed by atoms with Crippen LogP contribution in [0.2, 0.25) is 0 Å². The van der Waals surface area contributed by atoms with E-state index in [1.54, 1.807) is 0 Å². The molecule has 2 aliphatic heterocycles. The molecule has 0 spiro atoms. The van der Waals surface area contributed by atoms with Gasteiger partial charge in [-0.05, 0) is 19.1 Å². The molecule has 0 saturated carbocycles. The van der Waals surface area contributed by atoms with Crippen LogP contribution in [0.4, 0.5) is 4.79 Å². The molecule has 2 bridgehead atoms. The van der Waals surface area contributed by atoms with Crippen LogP contribution in [0.5, 0.6) is 0 Å². The van der Waals surface area contributed by atoms with Gasteiger partial charge in [0.1, 0.15) is 6.10 Å². The largest absolute Gasteiger partial charge is 0.389 e. The van der Waals surface area contributed by atoms with Gasteiger partial charge in [0.2, 0.25) is 0 Å². The summed E-state index contributed by atoms with van der Waals surface area (Å²) in [6.45, 7) is 2.75. The Morgan fingerprint density at radius 2 is 2.18 bits per heavy atom. The van der Waals surface area contributed by atoms with E-state index < -0.39 is 18.4 Å². The van der Waals surface area contributed by atoms with Crippen molar-refractivity contribution in [2.24, 2.45) is 0 Å². The zero-order valence-corrected chi connectivity index (χ0v) is 13.1. The van der Waals surface area contributed by atoms with Gasteiger partial charge in [0.25, 0.3) is 0 Å². The molecule has 0 aromatic heterocycles. The number of urea groups is 1. The number of amides is 2. The Bertz CT molecular complexity index is 516. The lowest BCUT2D eigenvalue weighted by molar-refractivity contribution is -0.121.